The molecule has 8 heteroatoms. The molecular formula is C20H31IN6S. The van der Waals surface area contributed by atoms with Gasteiger partial charge in [-0.25, -0.2) is 15.0 Å². The van der Waals surface area contributed by atoms with Gasteiger partial charge in [-0.15, -0.1) is 24.0 Å². The van der Waals surface area contributed by atoms with Crippen LogP contribution in [0.25, 0.3) is 5.82 Å². The van der Waals surface area contributed by atoms with Crippen molar-refractivity contribution < 1.29 is 0 Å². The monoisotopic (exact) mass is 514 g/mol. The van der Waals surface area contributed by atoms with Gasteiger partial charge in [0, 0.05) is 49.2 Å². The standard InChI is InChI=1S/C20H30N6S.HI/c1-5-21-20(25-10-11-27-18(14-25)15(2)3)24-13-17-6-7-19(23-12-17)26-9-8-22-16(26)4;/h6-9,12,15,18H,5,10-11,13-14H2,1-4H3,(H,21,24);1H. The van der Waals surface area contributed by atoms with Crippen molar-refractivity contribution in [3.8, 4) is 5.82 Å². The predicted octanol–water partition coefficient (Wildman–Crippen LogP) is 3.73. The van der Waals surface area contributed by atoms with E-state index in [1.54, 1.807) is 6.20 Å². The van der Waals surface area contributed by atoms with Gasteiger partial charge >= 0.3 is 0 Å². The van der Waals surface area contributed by atoms with Crippen molar-refractivity contribution in [1.29, 1.82) is 0 Å². The molecule has 0 spiro atoms. The summed E-state index contributed by atoms with van der Waals surface area (Å²) < 4.78 is 1.98. The van der Waals surface area contributed by atoms with Crippen LogP contribution in [0, 0.1) is 12.8 Å². The molecule has 3 heterocycles. The molecule has 1 unspecified atom stereocenters. The minimum absolute atomic E-state index is 0. The summed E-state index contributed by atoms with van der Waals surface area (Å²) in [6, 6.07) is 4.12. The van der Waals surface area contributed by atoms with E-state index in [9.17, 15) is 0 Å². The van der Waals surface area contributed by atoms with Crippen LogP contribution < -0.4 is 5.32 Å². The van der Waals surface area contributed by atoms with E-state index in [1.165, 1.54) is 0 Å². The van der Waals surface area contributed by atoms with Gasteiger partial charge in [0.25, 0.3) is 0 Å². The third-order valence-electron chi connectivity index (χ3n) is 4.76. The number of guanidine groups is 1. The van der Waals surface area contributed by atoms with Crippen LogP contribution in [0.4, 0.5) is 0 Å². The Morgan fingerprint density at radius 2 is 2.18 bits per heavy atom. The number of halogens is 1. The fraction of sp³-hybridized carbons (Fsp3) is 0.550. The van der Waals surface area contributed by atoms with Crippen molar-refractivity contribution in [2.45, 2.75) is 39.5 Å². The number of aromatic nitrogens is 3. The first-order valence-electron chi connectivity index (χ1n) is 9.68. The first kappa shape index (κ1) is 23.0. The Balaban J connectivity index is 0.00000280. The van der Waals surface area contributed by atoms with Crippen molar-refractivity contribution >= 4 is 41.7 Å². The highest BCUT2D eigenvalue weighted by Crippen LogP contribution is 2.25. The fourth-order valence-electron chi connectivity index (χ4n) is 3.14. The lowest BCUT2D eigenvalue weighted by Crippen LogP contribution is -2.49. The van der Waals surface area contributed by atoms with E-state index < -0.39 is 0 Å². The van der Waals surface area contributed by atoms with Gasteiger partial charge in [-0.3, -0.25) is 4.57 Å². The summed E-state index contributed by atoms with van der Waals surface area (Å²) in [6.45, 7) is 12.3. The summed E-state index contributed by atoms with van der Waals surface area (Å²) in [4.78, 5) is 16.1. The van der Waals surface area contributed by atoms with Crippen LogP contribution in [-0.4, -0.2) is 56.0 Å². The van der Waals surface area contributed by atoms with Gasteiger partial charge in [0.1, 0.15) is 11.6 Å². The molecule has 0 aliphatic carbocycles. The number of rotatable bonds is 5. The molecule has 154 valence electrons. The summed E-state index contributed by atoms with van der Waals surface area (Å²) in [7, 11) is 0. The van der Waals surface area contributed by atoms with Gasteiger partial charge in [0.05, 0.1) is 6.54 Å². The largest absolute Gasteiger partial charge is 0.357 e. The van der Waals surface area contributed by atoms with Crippen LogP contribution in [0.5, 0.6) is 0 Å². The molecule has 1 saturated heterocycles. The van der Waals surface area contributed by atoms with E-state index in [-0.39, 0.29) is 24.0 Å². The van der Waals surface area contributed by atoms with Crippen molar-refractivity contribution in [3.05, 3.63) is 42.1 Å². The van der Waals surface area contributed by atoms with Gasteiger partial charge in [0.15, 0.2) is 5.96 Å². The molecule has 0 aromatic carbocycles. The third kappa shape index (κ3) is 5.85. The number of pyridine rings is 1. The third-order valence-corrected chi connectivity index (χ3v) is 6.30. The molecule has 0 saturated carbocycles. The number of imidazole rings is 1. The number of nitrogens with zero attached hydrogens (tertiary/aromatic N) is 5. The lowest BCUT2D eigenvalue weighted by atomic mass is 10.1. The Bertz CT molecular complexity index is 758. The second-order valence-corrected chi connectivity index (χ2v) is 8.49. The Kier molecular flexibility index (Phi) is 9.07. The fourth-order valence-corrected chi connectivity index (χ4v) is 4.43. The number of thioether (sulfide) groups is 1. The average Bonchev–Trinajstić information content (AvgIpc) is 3.11. The number of nitrogens with one attached hydrogen (secondary N) is 1. The Labute approximate surface area is 189 Å². The molecule has 6 nitrogen and oxygen atoms in total. The zero-order chi connectivity index (χ0) is 19.2. The topological polar surface area (TPSA) is 58.3 Å². The predicted molar refractivity (Wildman–Crippen MR) is 129 cm³/mol. The first-order chi connectivity index (χ1) is 13.1. The Morgan fingerprint density at radius 3 is 2.79 bits per heavy atom. The minimum Gasteiger partial charge on any atom is -0.357 e. The van der Waals surface area contributed by atoms with E-state index in [1.807, 2.05) is 30.0 Å². The highest BCUT2D eigenvalue weighted by Gasteiger charge is 2.24. The van der Waals surface area contributed by atoms with Gasteiger partial charge < -0.3 is 10.2 Å². The van der Waals surface area contributed by atoms with Crippen molar-refractivity contribution in [2.75, 3.05) is 25.4 Å². The van der Waals surface area contributed by atoms with E-state index in [0.717, 1.165) is 48.6 Å². The molecule has 2 aromatic rings. The molecule has 0 amide bonds. The maximum atomic E-state index is 4.87. The van der Waals surface area contributed by atoms with E-state index >= 15 is 0 Å². The molecule has 1 fully saturated rings. The van der Waals surface area contributed by atoms with Crippen LogP contribution in [0.2, 0.25) is 0 Å². The van der Waals surface area contributed by atoms with E-state index in [2.05, 4.69) is 58.8 Å². The second kappa shape index (κ2) is 11.0. The zero-order valence-electron chi connectivity index (χ0n) is 17.1. The molecule has 3 rings (SSSR count). The number of hydrogen-bond acceptors (Lipinski definition) is 4. The van der Waals surface area contributed by atoms with Crippen LogP contribution >= 0.6 is 35.7 Å². The molecule has 1 aliphatic heterocycles. The van der Waals surface area contributed by atoms with Crippen molar-refractivity contribution in [2.24, 2.45) is 10.9 Å². The van der Waals surface area contributed by atoms with Crippen molar-refractivity contribution in [3.63, 3.8) is 0 Å². The second-order valence-electron chi connectivity index (χ2n) is 7.14. The van der Waals surface area contributed by atoms with Gasteiger partial charge in [-0.05, 0) is 31.4 Å². The summed E-state index contributed by atoms with van der Waals surface area (Å²) >= 11 is 2.08. The molecule has 28 heavy (non-hydrogen) atoms. The number of aryl methyl sites for hydroxylation is 1. The van der Waals surface area contributed by atoms with Crippen molar-refractivity contribution in [1.82, 2.24) is 24.8 Å². The normalized spacial score (nSPS) is 17.5. The molecule has 0 bridgehead atoms. The number of aliphatic imine (C=N–C) groups is 1. The average molecular weight is 514 g/mol. The van der Waals surface area contributed by atoms with Crippen LogP contribution in [0.3, 0.4) is 0 Å². The maximum Gasteiger partial charge on any atom is 0.194 e. The Hall–Kier alpha value is -1.29. The van der Waals surface area contributed by atoms with E-state index in [0.29, 0.717) is 17.7 Å². The Morgan fingerprint density at radius 1 is 1.36 bits per heavy atom. The molecule has 2 aromatic heterocycles. The highest BCUT2D eigenvalue weighted by atomic mass is 127. The molecule has 1 atom stereocenters. The summed E-state index contributed by atoms with van der Waals surface area (Å²) in [5.74, 6) is 4.68. The quantitative estimate of drug-likeness (QED) is 0.375. The smallest absolute Gasteiger partial charge is 0.194 e. The van der Waals surface area contributed by atoms with Gasteiger partial charge in [-0.2, -0.15) is 11.8 Å². The lowest BCUT2D eigenvalue weighted by Gasteiger charge is -2.36. The first-order valence-corrected chi connectivity index (χ1v) is 10.7. The SMILES string of the molecule is CCNC(=NCc1ccc(-n2ccnc2C)nc1)N1CCSC(C(C)C)C1.I. The minimum atomic E-state index is 0. The maximum absolute atomic E-state index is 4.87. The molecule has 1 N–H and O–H groups in total. The summed E-state index contributed by atoms with van der Waals surface area (Å²) in [5, 5.41) is 4.13. The highest BCUT2D eigenvalue weighted by molar-refractivity contribution is 14.0. The number of hydrogen-bond donors (Lipinski definition) is 1. The lowest BCUT2D eigenvalue weighted by molar-refractivity contribution is 0.381. The zero-order valence-corrected chi connectivity index (χ0v) is 20.3. The van der Waals surface area contributed by atoms with Crippen LogP contribution in [0.1, 0.15) is 32.2 Å². The molecule has 0 radical (unpaired) electrons. The van der Waals surface area contributed by atoms with Crippen LogP contribution in [0.15, 0.2) is 35.7 Å². The van der Waals surface area contributed by atoms with Gasteiger partial charge in [0.2, 0.25) is 0 Å². The summed E-state index contributed by atoms with van der Waals surface area (Å²) in [5.41, 5.74) is 1.11. The molecular weight excluding hydrogens is 483 g/mol. The summed E-state index contributed by atoms with van der Waals surface area (Å²) in [6.07, 6.45) is 5.63. The van der Waals surface area contributed by atoms with E-state index in [4.69, 9.17) is 4.99 Å². The van der Waals surface area contributed by atoms with Crippen LogP contribution in [-0.2, 0) is 6.54 Å². The van der Waals surface area contributed by atoms with Gasteiger partial charge in [-0.1, -0.05) is 19.9 Å². The molecule has 1 aliphatic rings.